The summed E-state index contributed by atoms with van der Waals surface area (Å²) in [6.07, 6.45) is 2.80. The Hall–Kier alpha value is -1.64. The van der Waals surface area contributed by atoms with Gasteiger partial charge in [0, 0.05) is 16.6 Å². The fourth-order valence-corrected chi connectivity index (χ4v) is 5.82. The zero-order valence-corrected chi connectivity index (χ0v) is 18.9. The summed E-state index contributed by atoms with van der Waals surface area (Å²) < 4.78 is 6.74. The lowest BCUT2D eigenvalue weighted by molar-refractivity contribution is -0.140. The predicted octanol–water partition coefficient (Wildman–Crippen LogP) is 3.76. The average molecular weight is 476 g/mol. The van der Waals surface area contributed by atoms with Gasteiger partial charge in [-0.2, -0.15) is 0 Å². The monoisotopic (exact) mass is 475 g/mol. The highest BCUT2D eigenvalue weighted by molar-refractivity contribution is 9.10. The number of hydrogen-bond acceptors (Lipinski definition) is 5. The van der Waals surface area contributed by atoms with Crippen molar-refractivity contribution in [2.24, 2.45) is 17.8 Å². The van der Waals surface area contributed by atoms with Crippen LogP contribution in [0.15, 0.2) is 33.7 Å². The maximum absolute atomic E-state index is 13.2. The Morgan fingerprint density at radius 3 is 2.67 bits per heavy atom. The van der Waals surface area contributed by atoms with E-state index >= 15 is 0 Å². The molecule has 8 heteroatoms. The number of carbonyl (C=O) groups excluding carboxylic acids is 2. The molecule has 4 rings (SSSR count). The summed E-state index contributed by atoms with van der Waals surface area (Å²) in [5.41, 5.74) is 2.40. The summed E-state index contributed by atoms with van der Waals surface area (Å²) in [6, 6.07) is 5.10. The third kappa shape index (κ3) is 3.53. The van der Waals surface area contributed by atoms with E-state index in [1.54, 1.807) is 18.2 Å². The lowest BCUT2D eigenvalue weighted by atomic mass is 9.54. The molecule has 0 bridgehead atoms. The van der Waals surface area contributed by atoms with Gasteiger partial charge in [-0.1, -0.05) is 41.8 Å². The number of imide groups is 1. The second-order valence-electron chi connectivity index (χ2n) is 8.50. The van der Waals surface area contributed by atoms with E-state index < -0.39 is 19.1 Å². The smallest absolute Gasteiger partial charge is 0.487 e. The first kappa shape index (κ1) is 21.6. The number of rotatable bonds is 5. The van der Waals surface area contributed by atoms with Crippen molar-refractivity contribution in [2.45, 2.75) is 52.1 Å². The summed E-state index contributed by atoms with van der Waals surface area (Å²) in [7, 11) is -1.14. The van der Waals surface area contributed by atoms with Gasteiger partial charge in [-0.3, -0.25) is 14.5 Å². The summed E-state index contributed by atoms with van der Waals surface area (Å²) >= 11 is 3.42. The van der Waals surface area contributed by atoms with Gasteiger partial charge in [-0.05, 0) is 55.3 Å². The van der Waals surface area contributed by atoms with Crippen LogP contribution in [0.3, 0.4) is 0 Å². The van der Waals surface area contributed by atoms with Crippen molar-refractivity contribution in [1.82, 2.24) is 4.90 Å². The molecule has 2 heterocycles. The van der Waals surface area contributed by atoms with Gasteiger partial charge in [0.2, 0.25) is 11.8 Å². The number of aromatic hydroxyl groups is 1. The molecule has 0 aromatic heterocycles. The molecule has 6 nitrogen and oxygen atoms in total. The molecule has 2 aliphatic heterocycles. The van der Waals surface area contributed by atoms with Crippen LogP contribution in [0.4, 0.5) is 0 Å². The minimum atomic E-state index is -1.14. The summed E-state index contributed by atoms with van der Waals surface area (Å²) in [5, 5.41) is 21.3. The molecule has 2 amide bonds. The number of likely N-dealkylation sites (tertiary alicyclic amines) is 1. The zero-order chi connectivity index (χ0) is 21.6. The summed E-state index contributed by atoms with van der Waals surface area (Å²) in [6.45, 7) is 4.46. The minimum Gasteiger partial charge on any atom is -0.508 e. The summed E-state index contributed by atoms with van der Waals surface area (Å²) in [5.74, 6) is -1.21. The lowest BCUT2D eigenvalue weighted by Crippen LogP contribution is -2.45. The summed E-state index contributed by atoms with van der Waals surface area (Å²) in [4.78, 5) is 27.7. The zero-order valence-electron chi connectivity index (χ0n) is 17.3. The van der Waals surface area contributed by atoms with Crippen molar-refractivity contribution in [3.8, 4) is 5.75 Å². The van der Waals surface area contributed by atoms with Crippen LogP contribution in [0.1, 0.15) is 57.6 Å². The number of allylic oxidation sites excluding steroid dienone is 2. The number of carbonyl (C=O) groups is 2. The van der Waals surface area contributed by atoms with Crippen LogP contribution in [0.5, 0.6) is 5.75 Å². The molecule has 0 spiro atoms. The first-order chi connectivity index (χ1) is 14.4. The van der Waals surface area contributed by atoms with E-state index in [9.17, 15) is 19.7 Å². The van der Waals surface area contributed by atoms with Gasteiger partial charge in [0.05, 0.1) is 17.9 Å². The predicted molar refractivity (Wildman–Crippen MR) is 116 cm³/mol. The van der Waals surface area contributed by atoms with Crippen LogP contribution >= 0.6 is 15.9 Å². The number of hydrogen-bond donors (Lipinski definition) is 2. The molecule has 30 heavy (non-hydrogen) atoms. The standard InChI is InChI=1S/C22H27BBrNO5/c1-3-5-12-9-16-19(22(28)25(8-4-2)21(16)27)15-11-18(30-23(29)20(12)15)14-10-13(24)6-7-17(14)26/h6-7,10,15-16,18-19,26,29H,3-5,8-9,11H2,1-2H3/t15-,16-,18-,19+/m0/s1. The maximum atomic E-state index is 13.2. The highest BCUT2D eigenvalue weighted by Gasteiger charge is 2.57. The van der Waals surface area contributed by atoms with E-state index in [1.807, 2.05) is 6.92 Å². The Labute approximate surface area is 185 Å². The number of benzene rings is 1. The third-order valence-electron chi connectivity index (χ3n) is 6.64. The Kier molecular flexibility index (Phi) is 6.10. The van der Waals surface area contributed by atoms with Gasteiger partial charge >= 0.3 is 7.12 Å². The number of phenolic OH excluding ortho intramolecular Hbond substituents is 1. The van der Waals surface area contributed by atoms with Crippen molar-refractivity contribution in [1.29, 1.82) is 0 Å². The molecular formula is C22H27BBrNO5. The molecule has 3 aliphatic rings. The minimum absolute atomic E-state index is 0.0812. The van der Waals surface area contributed by atoms with Crippen LogP contribution in [0, 0.1) is 17.8 Å². The third-order valence-corrected chi connectivity index (χ3v) is 7.13. The highest BCUT2D eigenvalue weighted by Crippen LogP contribution is 2.52. The van der Waals surface area contributed by atoms with E-state index in [2.05, 4.69) is 22.9 Å². The van der Waals surface area contributed by atoms with Crippen LogP contribution in [-0.2, 0) is 14.2 Å². The van der Waals surface area contributed by atoms with Gasteiger partial charge in [0.1, 0.15) is 5.75 Å². The lowest BCUT2D eigenvalue weighted by Gasteiger charge is -2.42. The molecule has 160 valence electrons. The van der Waals surface area contributed by atoms with Gasteiger partial charge in [-0.25, -0.2) is 0 Å². The SMILES string of the molecule is CCCC1=C2B(O)O[C@H](c3cc(Br)ccc3O)C[C@H]2[C@H]2C(=O)N(CCC)C(=O)[C@H]2C1. The Balaban J connectivity index is 1.75. The van der Waals surface area contributed by atoms with Crippen LogP contribution in [0.25, 0.3) is 0 Å². The van der Waals surface area contributed by atoms with E-state index in [0.717, 1.165) is 34.8 Å². The van der Waals surface area contributed by atoms with Crippen LogP contribution < -0.4 is 0 Å². The van der Waals surface area contributed by atoms with Crippen molar-refractivity contribution in [3.63, 3.8) is 0 Å². The molecule has 0 saturated carbocycles. The molecule has 1 aliphatic carbocycles. The Morgan fingerprint density at radius 1 is 1.20 bits per heavy atom. The van der Waals surface area contributed by atoms with Crippen molar-refractivity contribution < 1.29 is 24.4 Å². The van der Waals surface area contributed by atoms with Gasteiger partial charge in [-0.15, -0.1) is 0 Å². The molecular weight excluding hydrogens is 449 g/mol. The normalized spacial score (nSPS) is 28.8. The second kappa shape index (κ2) is 8.48. The Bertz CT molecular complexity index is 904. The van der Waals surface area contributed by atoms with Crippen LogP contribution in [-0.4, -0.2) is 40.5 Å². The number of amides is 2. The first-order valence-electron chi connectivity index (χ1n) is 10.8. The number of fused-ring (bicyclic) bond motifs is 3. The molecule has 2 fully saturated rings. The van der Waals surface area contributed by atoms with Gasteiger partial charge < -0.3 is 14.8 Å². The van der Waals surface area contributed by atoms with Crippen molar-refractivity contribution >= 4 is 34.9 Å². The average Bonchev–Trinajstić information content (AvgIpc) is 2.95. The molecule has 1 aromatic carbocycles. The molecule has 0 radical (unpaired) electrons. The maximum Gasteiger partial charge on any atom is 0.487 e. The van der Waals surface area contributed by atoms with Crippen LogP contribution in [0.2, 0.25) is 0 Å². The first-order valence-corrected chi connectivity index (χ1v) is 11.6. The van der Waals surface area contributed by atoms with Crippen molar-refractivity contribution in [3.05, 3.63) is 39.3 Å². The number of nitrogens with zero attached hydrogens (tertiary/aromatic N) is 1. The second-order valence-corrected chi connectivity index (χ2v) is 9.41. The molecule has 2 saturated heterocycles. The molecule has 2 N–H and O–H groups in total. The molecule has 4 atom stereocenters. The fourth-order valence-electron chi connectivity index (χ4n) is 5.44. The largest absolute Gasteiger partial charge is 0.508 e. The van der Waals surface area contributed by atoms with Gasteiger partial charge in [0.25, 0.3) is 0 Å². The molecule has 1 aromatic rings. The van der Waals surface area contributed by atoms with E-state index in [0.29, 0.717) is 24.9 Å². The van der Waals surface area contributed by atoms with E-state index in [1.165, 1.54) is 4.90 Å². The number of halogens is 1. The Morgan fingerprint density at radius 2 is 1.97 bits per heavy atom. The topological polar surface area (TPSA) is 87.1 Å². The van der Waals surface area contributed by atoms with E-state index in [-0.39, 0.29) is 29.4 Å². The quantitative estimate of drug-likeness (QED) is 0.500. The molecule has 0 unspecified atom stereocenters. The van der Waals surface area contributed by atoms with E-state index in [4.69, 9.17) is 4.65 Å². The highest BCUT2D eigenvalue weighted by atomic mass is 79.9. The fraction of sp³-hybridized carbons (Fsp3) is 0.545. The van der Waals surface area contributed by atoms with Crippen molar-refractivity contribution in [2.75, 3.05) is 6.54 Å². The van der Waals surface area contributed by atoms with Gasteiger partial charge in [0.15, 0.2) is 0 Å². The number of phenols is 1.